The summed E-state index contributed by atoms with van der Waals surface area (Å²) < 4.78 is 22.5. The van der Waals surface area contributed by atoms with Gasteiger partial charge in [0, 0.05) is 5.39 Å². The molecule has 0 unspecified atom stereocenters. The fourth-order valence-corrected chi connectivity index (χ4v) is 2.73. The number of carbonyl (C=O) groups excluding carboxylic acids is 1. The van der Waals surface area contributed by atoms with Gasteiger partial charge in [0.25, 0.3) is 0 Å². The van der Waals surface area contributed by atoms with E-state index in [1.54, 1.807) is 6.07 Å². The van der Waals surface area contributed by atoms with Crippen molar-refractivity contribution in [3.05, 3.63) is 46.4 Å². The second-order valence-electron chi connectivity index (χ2n) is 4.76. The van der Waals surface area contributed by atoms with Crippen LogP contribution < -0.4 is 0 Å². The van der Waals surface area contributed by atoms with Gasteiger partial charge in [-0.25, -0.2) is 4.39 Å². The van der Waals surface area contributed by atoms with Crippen LogP contribution in [0, 0.1) is 5.82 Å². The molecular weight excluding hydrogens is 279 g/mol. The van der Waals surface area contributed by atoms with E-state index in [0.717, 1.165) is 11.5 Å². The van der Waals surface area contributed by atoms with Crippen molar-refractivity contribution in [2.45, 2.75) is 19.8 Å². The minimum absolute atomic E-state index is 0.106. The number of nitrogens with zero attached hydrogens (tertiary/aromatic N) is 2. The van der Waals surface area contributed by atoms with E-state index in [-0.39, 0.29) is 23.3 Å². The number of furan rings is 1. The van der Waals surface area contributed by atoms with Gasteiger partial charge in [0.1, 0.15) is 16.3 Å². The van der Waals surface area contributed by atoms with E-state index < -0.39 is 0 Å². The normalized spacial score (nSPS) is 11.4. The molecule has 20 heavy (non-hydrogen) atoms. The number of fused-ring (bicyclic) bond motifs is 1. The Balaban J connectivity index is 2.06. The number of hydrogen-bond acceptors (Lipinski definition) is 5. The molecule has 0 aliphatic heterocycles. The summed E-state index contributed by atoms with van der Waals surface area (Å²) in [6, 6.07) is 5.69. The predicted molar refractivity (Wildman–Crippen MR) is 73.6 cm³/mol. The zero-order valence-corrected chi connectivity index (χ0v) is 11.7. The summed E-state index contributed by atoms with van der Waals surface area (Å²) in [7, 11) is 0. The van der Waals surface area contributed by atoms with Gasteiger partial charge in [-0.05, 0) is 41.7 Å². The van der Waals surface area contributed by atoms with Gasteiger partial charge in [-0.1, -0.05) is 18.3 Å². The number of hydrogen-bond donors (Lipinski definition) is 0. The molecule has 102 valence electrons. The van der Waals surface area contributed by atoms with Crippen LogP contribution in [0.4, 0.5) is 4.39 Å². The monoisotopic (exact) mass is 290 g/mol. The summed E-state index contributed by atoms with van der Waals surface area (Å²) in [6.07, 6.45) is 0. The minimum atomic E-state index is -0.361. The first-order valence-electron chi connectivity index (χ1n) is 6.12. The summed E-state index contributed by atoms with van der Waals surface area (Å²) in [6.45, 7) is 3.89. The van der Waals surface area contributed by atoms with E-state index in [4.69, 9.17) is 4.42 Å². The van der Waals surface area contributed by atoms with E-state index in [0.29, 0.717) is 21.5 Å². The highest BCUT2D eigenvalue weighted by Crippen LogP contribution is 2.26. The molecule has 3 rings (SSSR count). The lowest BCUT2D eigenvalue weighted by molar-refractivity contribution is 0.101. The average Bonchev–Trinajstić information content (AvgIpc) is 3.03. The molecule has 2 aromatic heterocycles. The Morgan fingerprint density at radius 2 is 2.15 bits per heavy atom. The zero-order valence-electron chi connectivity index (χ0n) is 10.9. The zero-order chi connectivity index (χ0) is 14.3. The van der Waals surface area contributed by atoms with Gasteiger partial charge in [0.15, 0.2) is 5.76 Å². The molecule has 2 heterocycles. The largest absolute Gasteiger partial charge is 0.453 e. The highest BCUT2D eigenvalue weighted by Gasteiger charge is 2.23. The van der Waals surface area contributed by atoms with Crippen LogP contribution in [0.15, 0.2) is 28.7 Å². The van der Waals surface area contributed by atoms with Crippen LogP contribution in [0.25, 0.3) is 11.0 Å². The van der Waals surface area contributed by atoms with Crippen molar-refractivity contribution in [2.75, 3.05) is 0 Å². The third-order valence-electron chi connectivity index (χ3n) is 2.97. The van der Waals surface area contributed by atoms with Gasteiger partial charge in [-0.15, -0.1) is 5.10 Å². The first kappa shape index (κ1) is 12.9. The molecule has 0 amide bonds. The summed E-state index contributed by atoms with van der Waals surface area (Å²) >= 11 is 1.05. The van der Waals surface area contributed by atoms with Crippen molar-refractivity contribution in [3.8, 4) is 0 Å². The molecule has 0 spiro atoms. The van der Waals surface area contributed by atoms with Gasteiger partial charge in [0.05, 0.1) is 5.69 Å². The molecule has 0 atom stereocenters. The Morgan fingerprint density at radius 3 is 2.90 bits per heavy atom. The molecular formula is C14H11FN2O2S. The highest BCUT2D eigenvalue weighted by atomic mass is 32.1. The SMILES string of the molecule is CC(C)c1nnsc1C(=O)c1cc2cc(F)ccc2o1. The molecule has 1 aromatic carbocycles. The Morgan fingerprint density at radius 1 is 1.35 bits per heavy atom. The number of aromatic nitrogens is 2. The summed E-state index contributed by atoms with van der Waals surface area (Å²) in [5.41, 5.74) is 1.14. The Labute approximate surface area is 118 Å². The number of ketones is 1. The van der Waals surface area contributed by atoms with E-state index in [1.165, 1.54) is 18.2 Å². The first-order chi connectivity index (χ1) is 9.56. The van der Waals surface area contributed by atoms with Gasteiger partial charge < -0.3 is 4.42 Å². The van der Waals surface area contributed by atoms with Gasteiger partial charge in [-0.2, -0.15) is 0 Å². The van der Waals surface area contributed by atoms with Crippen LogP contribution in [0.1, 0.15) is 40.9 Å². The Bertz CT molecular complexity index is 791. The maximum Gasteiger partial charge on any atom is 0.241 e. The number of rotatable bonds is 3. The topological polar surface area (TPSA) is 56.0 Å². The maximum atomic E-state index is 13.1. The fourth-order valence-electron chi connectivity index (χ4n) is 1.97. The Kier molecular flexibility index (Phi) is 3.10. The summed E-state index contributed by atoms with van der Waals surface area (Å²) in [4.78, 5) is 12.9. The van der Waals surface area contributed by atoms with Gasteiger partial charge in [0.2, 0.25) is 5.78 Å². The van der Waals surface area contributed by atoms with E-state index >= 15 is 0 Å². The fraction of sp³-hybridized carbons (Fsp3) is 0.214. The molecule has 0 N–H and O–H groups in total. The second kappa shape index (κ2) is 4.79. The second-order valence-corrected chi connectivity index (χ2v) is 5.52. The van der Waals surface area contributed by atoms with Crippen LogP contribution in [-0.2, 0) is 0 Å². The summed E-state index contributed by atoms with van der Waals surface area (Å²) in [5.74, 6) is -0.340. The van der Waals surface area contributed by atoms with Crippen LogP contribution >= 0.6 is 11.5 Å². The molecule has 0 bridgehead atoms. The van der Waals surface area contributed by atoms with Crippen LogP contribution in [-0.4, -0.2) is 15.4 Å². The third kappa shape index (κ3) is 2.12. The maximum absolute atomic E-state index is 13.1. The lowest BCUT2D eigenvalue weighted by atomic mass is 10.1. The molecule has 0 fully saturated rings. The Hall–Kier alpha value is -2.08. The lowest BCUT2D eigenvalue weighted by Gasteiger charge is -2.00. The molecule has 3 aromatic rings. The van der Waals surface area contributed by atoms with Gasteiger partial charge >= 0.3 is 0 Å². The van der Waals surface area contributed by atoms with E-state index in [9.17, 15) is 9.18 Å². The predicted octanol–water partition coefficient (Wildman–Crippen LogP) is 3.78. The summed E-state index contributed by atoms with van der Waals surface area (Å²) in [5, 5.41) is 4.54. The van der Waals surface area contributed by atoms with Crippen LogP contribution in [0.5, 0.6) is 0 Å². The number of halogens is 1. The molecule has 0 radical (unpaired) electrons. The molecule has 0 aliphatic rings. The molecule has 6 heteroatoms. The van der Waals surface area contributed by atoms with Crippen molar-refractivity contribution in [3.63, 3.8) is 0 Å². The highest BCUT2D eigenvalue weighted by molar-refractivity contribution is 7.08. The molecule has 0 saturated heterocycles. The quantitative estimate of drug-likeness (QED) is 0.689. The smallest absolute Gasteiger partial charge is 0.241 e. The van der Waals surface area contributed by atoms with Crippen molar-refractivity contribution < 1.29 is 13.6 Å². The van der Waals surface area contributed by atoms with Crippen molar-refractivity contribution in [1.29, 1.82) is 0 Å². The number of carbonyl (C=O) groups is 1. The third-order valence-corrected chi connectivity index (χ3v) is 3.71. The first-order valence-corrected chi connectivity index (χ1v) is 6.89. The number of benzene rings is 1. The van der Waals surface area contributed by atoms with Crippen molar-refractivity contribution in [1.82, 2.24) is 9.59 Å². The van der Waals surface area contributed by atoms with Gasteiger partial charge in [-0.3, -0.25) is 4.79 Å². The van der Waals surface area contributed by atoms with Crippen molar-refractivity contribution >= 4 is 28.3 Å². The van der Waals surface area contributed by atoms with Crippen LogP contribution in [0.3, 0.4) is 0 Å². The van der Waals surface area contributed by atoms with E-state index in [1.807, 2.05) is 13.8 Å². The van der Waals surface area contributed by atoms with Crippen LogP contribution in [0.2, 0.25) is 0 Å². The molecule has 0 aliphatic carbocycles. The average molecular weight is 290 g/mol. The minimum Gasteiger partial charge on any atom is -0.453 e. The van der Waals surface area contributed by atoms with E-state index in [2.05, 4.69) is 9.59 Å². The lowest BCUT2D eigenvalue weighted by Crippen LogP contribution is -2.02. The molecule has 4 nitrogen and oxygen atoms in total. The van der Waals surface area contributed by atoms with Crippen molar-refractivity contribution in [2.24, 2.45) is 0 Å². The standard InChI is InChI=1S/C14H11FN2O2S/c1-7(2)12-14(20-17-16-12)13(18)11-6-8-5-9(15)3-4-10(8)19-11/h3-7H,1-2H3. The molecule has 0 saturated carbocycles.